The molecule has 0 aliphatic rings. The van der Waals surface area contributed by atoms with E-state index < -0.39 is 0 Å². The van der Waals surface area contributed by atoms with Crippen molar-refractivity contribution in [2.45, 2.75) is 6.92 Å². The van der Waals surface area contributed by atoms with Crippen molar-refractivity contribution >= 4 is 28.1 Å². The van der Waals surface area contributed by atoms with Gasteiger partial charge in [-0.05, 0) is 19.1 Å². The number of benzene rings is 1. The van der Waals surface area contributed by atoms with Gasteiger partial charge in [-0.15, -0.1) is 11.3 Å². The van der Waals surface area contributed by atoms with Gasteiger partial charge in [0.15, 0.2) is 5.13 Å². The third-order valence-corrected chi connectivity index (χ3v) is 2.99. The van der Waals surface area contributed by atoms with Crippen molar-refractivity contribution < 1.29 is 0 Å². The van der Waals surface area contributed by atoms with E-state index in [9.17, 15) is 0 Å². The molecule has 0 spiro atoms. The van der Waals surface area contributed by atoms with Gasteiger partial charge in [0, 0.05) is 22.5 Å². The number of anilines is 1. The predicted octanol–water partition coefficient (Wildman–Crippen LogP) is 3.90. The van der Waals surface area contributed by atoms with Crippen molar-refractivity contribution in [3.05, 3.63) is 34.7 Å². The summed E-state index contributed by atoms with van der Waals surface area (Å²) in [6, 6.07) is 7.73. The normalized spacial score (nSPS) is 10.3. The summed E-state index contributed by atoms with van der Waals surface area (Å²) in [6.07, 6.45) is 0. The number of nitrogens with one attached hydrogen (secondary N) is 1. The molecule has 2 aromatic rings. The molecule has 1 aromatic carbocycles. The standard InChI is InChI=1S/C11H11ClN2S/c1-2-13-11-14-10(7-15-11)8-4-3-5-9(12)6-8/h3-7H,2H2,1H3,(H,13,14). The van der Waals surface area contributed by atoms with E-state index in [1.165, 1.54) is 0 Å². The van der Waals surface area contributed by atoms with Crippen molar-refractivity contribution in [1.82, 2.24) is 4.98 Å². The summed E-state index contributed by atoms with van der Waals surface area (Å²) in [5, 5.41) is 6.91. The minimum Gasteiger partial charge on any atom is -0.362 e. The van der Waals surface area contributed by atoms with Gasteiger partial charge in [-0.2, -0.15) is 0 Å². The van der Waals surface area contributed by atoms with Crippen LogP contribution in [0, 0.1) is 0 Å². The molecular formula is C11H11ClN2S. The van der Waals surface area contributed by atoms with Crippen LogP contribution in [0.25, 0.3) is 11.3 Å². The molecule has 0 fully saturated rings. The molecular weight excluding hydrogens is 228 g/mol. The Morgan fingerprint density at radius 3 is 3.07 bits per heavy atom. The van der Waals surface area contributed by atoms with E-state index in [1.54, 1.807) is 11.3 Å². The molecule has 0 radical (unpaired) electrons. The lowest BCUT2D eigenvalue weighted by atomic mass is 10.2. The summed E-state index contributed by atoms with van der Waals surface area (Å²) in [5.74, 6) is 0. The van der Waals surface area contributed by atoms with E-state index in [1.807, 2.05) is 29.6 Å². The molecule has 2 nitrogen and oxygen atoms in total. The minimum atomic E-state index is 0.741. The van der Waals surface area contributed by atoms with E-state index in [2.05, 4.69) is 17.2 Å². The van der Waals surface area contributed by atoms with Crippen LogP contribution in [-0.4, -0.2) is 11.5 Å². The number of hydrogen-bond donors (Lipinski definition) is 1. The molecule has 1 heterocycles. The Labute approximate surface area is 97.9 Å². The Balaban J connectivity index is 2.29. The number of halogens is 1. The first-order valence-corrected chi connectivity index (χ1v) is 6.00. The van der Waals surface area contributed by atoms with Crippen LogP contribution < -0.4 is 5.32 Å². The lowest BCUT2D eigenvalue weighted by Crippen LogP contribution is -1.94. The number of aromatic nitrogens is 1. The van der Waals surface area contributed by atoms with Crippen LogP contribution >= 0.6 is 22.9 Å². The molecule has 78 valence electrons. The first-order chi connectivity index (χ1) is 7.29. The molecule has 0 amide bonds. The summed E-state index contributed by atoms with van der Waals surface area (Å²) in [6.45, 7) is 2.95. The zero-order valence-electron chi connectivity index (χ0n) is 8.33. The molecule has 2 rings (SSSR count). The average Bonchev–Trinajstić information content (AvgIpc) is 2.67. The molecule has 0 unspecified atom stereocenters. The molecule has 0 bridgehead atoms. The second kappa shape index (κ2) is 4.64. The van der Waals surface area contributed by atoms with Crippen molar-refractivity contribution in [2.24, 2.45) is 0 Å². The first kappa shape index (κ1) is 10.5. The second-order valence-electron chi connectivity index (χ2n) is 3.08. The third-order valence-electron chi connectivity index (χ3n) is 1.95. The average molecular weight is 239 g/mol. The van der Waals surface area contributed by atoms with Crippen molar-refractivity contribution in [1.29, 1.82) is 0 Å². The number of thiazole rings is 1. The number of hydrogen-bond acceptors (Lipinski definition) is 3. The number of nitrogens with zero attached hydrogens (tertiary/aromatic N) is 1. The highest BCUT2D eigenvalue weighted by Crippen LogP contribution is 2.26. The van der Waals surface area contributed by atoms with Crippen molar-refractivity contribution in [3.8, 4) is 11.3 Å². The molecule has 0 saturated carbocycles. The van der Waals surface area contributed by atoms with Crippen molar-refractivity contribution in [2.75, 3.05) is 11.9 Å². The maximum Gasteiger partial charge on any atom is 0.183 e. The van der Waals surface area contributed by atoms with Crippen LogP contribution in [0.3, 0.4) is 0 Å². The van der Waals surface area contributed by atoms with Gasteiger partial charge in [0.2, 0.25) is 0 Å². The van der Waals surface area contributed by atoms with Gasteiger partial charge >= 0.3 is 0 Å². The van der Waals surface area contributed by atoms with Gasteiger partial charge in [-0.3, -0.25) is 0 Å². The monoisotopic (exact) mass is 238 g/mol. The Morgan fingerprint density at radius 2 is 2.33 bits per heavy atom. The van der Waals surface area contributed by atoms with Gasteiger partial charge < -0.3 is 5.32 Å². The molecule has 1 N–H and O–H groups in total. The van der Waals surface area contributed by atoms with Crippen LogP contribution in [0.2, 0.25) is 5.02 Å². The predicted molar refractivity (Wildman–Crippen MR) is 66.7 cm³/mol. The highest BCUT2D eigenvalue weighted by Gasteiger charge is 2.03. The van der Waals surface area contributed by atoms with Gasteiger partial charge in [-0.1, -0.05) is 23.7 Å². The SMILES string of the molecule is CCNc1nc(-c2cccc(Cl)c2)cs1. The maximum absolute atomic E-state index is 5.92. The Hall–Kier alpha value is -1.06. The summed E-state index contributed by atoms with van der Waals surface area (Å²) in [7, 11) is 0. The fraction of sp³-hybridized carbons (Fsp3) is 0.182. The molecule has 0 aliphatic carbocycles. The zero-order valence-corrected chi connectivity index (χ0v) is 9.90. The van der Waals surface area contributed by atoms with E-state index in [0.717, 1.165) is 28.0 Å². The van der Waals surface area contributed by atoms with Crippen LogP contribution in [0.1, 0.15) is 6.92 Å². The molecule has 1 aromatic heterocycles. The van der Waals surface area contributed by atoms with Crippen LogP contribution in [-0.2, 0) is 0 Å². The van der Waals surface area contributed by atoms with E-state index in [4.69, 9.17) is 11.6 Å². The van der Waals surface area contributed by atoms with Crippen LogP contribution in [0.4, 0.5) is 5.13 Å². The lowest BCUT2D eigenvalue weighted by molar-refractivity contribution is 1.19. The summed E-state index contributed by atoms with van der Waals surface area (Å²) in [4.78, 5) is 4.46. The highest BCUT2D eigenvalue weighted by molar-refractivity contribution is 7.14. The number of rotatable bonds is 3. The van der Waals surface area contributed by atoms with E-state index >= 15 is 0 Å². The van der Waals surface area contributed by atoms with Gasteiger partial charge in [0.1, 0.15) is 0 Å². The van der Waals surface area contributed by atoms with E-state index in [-0.39, 0.29) is 0 Å². The largest absolute Gasteiger partial charge is 0.362 e. The fourth-order valence-corrected chi connectivity index (χ4v) is 2.27. The second-order valence-corrected chi connectivity index (χ2v) is 4.37. The summed E-state index contributed by atoms with van der Waals surface area (Å²) < 4.78 is 0. The zero-order chi connectivity index (χ0) is 10.7. The highest BCUT2D eigenvalue weighted by atomic mass is 35.5. The Kier molecular flexibility index (Phi) is 3.23. The molecule has 15 heavy (non-hydrogen) atoms. The van der Waals surface area contributed by atoms with Gasteiger partial charge in [0.25, 0.3) is 0 Å². The molecule has 0 aliphatic heterocycles. The maximum atomic E-state index is 5.92. The van der Waals surface area contributed by atoms with Crippen LogP contribution in [0.5, 0.6) is 0 Å². The topological polar surface area (TPSA) is 24.9 Å². The summed E-state index contributed by atoms with van der Waals surface area (Å²) in [5.41, 5.74) is 2.03. The Bertz CT molecular complexity index is 453. The first-order valence-electron chi connectivity index (χ1n) is 4.75. The summed E-state index contributed by atoms with van der Waals surface area (Å²) >= 11 is 7.53. The minimum absolute atomic E-state index is 0.741. The smallest absolute Gasteiger partial charge is 0.183 e. The molecule has 4 heteroatoms. The van der Waals surface area contributed by atoms with Gasteiger partial charge in [-0.25, -0.2) is 4.98 Å². The van der Waals surface area contributed by atoms with Crippen LogP contribution in [0.15, 0.2) is 29.6 Å². The Morgan fingerprint density at radius 1 is 1.47 bits per heavy atom. The lowest BCUT2D eigenvalue weighted by Gasteiger charge is -1.97. The molecule has 0 atom stereocenters. The molecule has 0 saturated heterocycles. The van der Waals surface area contributed by atoms with Gasteiger partial charge in [0.05, 0.1) is 5.69 Å². The fourth-order valence-electron chi connectivity index (χ4n) is 1.29. The van der Waals surface area contributed by atoms with Crippen molar-refractivity contribution in [3.63, 3.8) is 0 Å². The quantitative estimate of drug-likeness (QED) is 0.878. The van der Waals surface area contributed by atoms with E-state index in [0.29, 0.717) is 0 Å². The third kappa shape index (κ3) is 2.49.